The highest BCUT2D eigenvalue weighted by Crippen LogP contribution is 2.66. The Morgan fingerprint density at radius 1 is 0.859 bits per heavy atom. The number of phenolic OH excluding ortho intramolecular Hbond substituents is 1. The fraction of sp³-hybridized carbons (Fsp3) is 0.609. The molecule has 3 heterocycles. The number of hydrogen-bond donors (Lipinski definition) is 8. The van der Waals surface area contributed by atoms with E-state index < -0.39 is 59.4 Å². The fourth-order valence-corrected chi connectivity index (χ4v) is 16.2. The Kier molecular flexibility index (Phi) is 15.8. The average molecular weight is 1070 g/mol. The van der Waals surface area contributed by atoms with Crippen molar-refractivity contribution >= 4 is 23.4 Å². The van der Waals surface area contributed by atoms with Gasteiger partial charge in [-0.3, -0.25) is 9.59 Å². The molecule has 11 rings (SSSR count). The van der Waals surface area contributed by atoms with Crippen LogP contribution in [0.4, 0.5) is 5.69 Å². The Hall–Kier alpha value is -5.11. The molecule has 0 saturated heterocycles. The van der Waals surface area contributed by atoms with Crippen LogP contribution >= 0.6 is 0 Å². The lowest BCUT2D eigenvalue weighted by atomic mass is 9.40. The number of esters is 2. The lowest BCUT2D eigenvalue weighted by Gasteiger charge is -2.66. The van der Waals surface area contributed by atoms with E-state index in [0.717, 1.165) is 81.8 Å². The summed E-state index contributed by atoms with van der Waals surface area (Å²) in [7, 11) is 3.17. The van der Waals surface area contributed by atoms with Crippen LogP contribution in [0.3, 0.4) is 0 Å². The van der Waals surface area contributed by atoms with Gasteiger partial charge in [0.15, 0.2) is 0 Å². The Labute approximate surface area is 458 Å². The topological polar surface area (TPSA) is 224 Å². The van der Waals surface area contributed by atoms with Crippen LogP contribution in [0.5, 0.6) is 11.5 Å². The minimum atomic E-state index is -1.63. The van der Waals surface area contributed by atoms with E-state index in [0.29, 0.717) is 52.1 Å². The van der Waals surface area contributed by atoms with Gasteiger partial charge in [-0.15, -0.1) is 0 Å². The highest BCUT2D eigenvalue weighted by Gasteiger charge is 2.68. The first-order valence-electron chi connectivity index (χ1n) is 29.2. The normalized spacial score (nSPS) is 34.0. The van der Waals surface area contributed by atoms with E-state index in [1.807, 2.05) is 30.3 Å². The molecule has 3 aromatic rings. The number of fused-ring (bicyclic) bond motifs is 10. The number of carbonyl (C=O) groups excluding carboxylic acids is 3. The van der Waals surface area contributed by atoms with Crippen molar-refractivity contribution in [3.63, 3.8) is 0 Å². The molecule has 14 nitrogen and oxygen atoms in total. The molecule has 12 bridgehead atoms. The van der Waals surface area contributed by atoms with Crippen LogP contribution in [0.15, 0.2) is 60.2 Å². The number of aliphatic hydroxyl groups is 5. The molecule has 5 fully saturated rings. The number of ketones is 1. The van der Waals surface area contributed by atoms with Crippen molar-refractivity contribution in [2.24, 2.45) is 41.4 Å². The van der Waals surface area contributed by atoms with Crippen LogP contribution in [0.1, 0.15) is 160 Å². The number of nitrogens with one attached hydrogen (secondary N) is 2. The summed E-state index contributed by atoms with van der Waals surface area (Å²) in [6.07, 6.45) is 7.47. The van der Waals surface area contributed by atoms with E-state index in [2.05, 4.69) is 34.6 Å². The lowest BCUT2D eigenvalue weighted by Crippen LogP contribution is -2.71. The third kappa shape index (κ3) is 10.5. The Morgan fingerprint density at radius 3 is 2.40 bits per heavy atom. The van der Waals surface area contributed by atoms with Gasteiger partial charge in [0.25, 0.3) is 0 Å². The molecule has 14 heteroatoms. The zero-order valence-corrected chi connectivity index (χ0v) is 45.6. The molecule has 3 aromatic carbocycles. The van der Waals surface area contributed by atoms with Gasteiger partial charge in [0.05, 0.1) is 31.2 Å². The molecular weight excluding hydrogens is 989 g/mol. The first-order valence-corrected chi connectivity index (χ1v) is 29.2. The SMILES string of the molecule is CNC[C@H](O)c1cc(NC[C@@](C)(O)[C@H](O)COC)cc([C@H]2C#C[C@@H]3CC(=O)Oc4c3cc(c(O)c4C3CCCCC3)C[C@H]3OC(=O)/C(=C\[C@H](O)Cc4cccc(c4)C[C@H]4C(=O)C[C@H]5CC[C@@H]6[C@@H]7CCCC[C@H]7[C@]3(O)[C@H]5[C@H]64)C2)c1. The monoisotopic (exact) mass is 1070 g/mol. The highest BCUT2D eigenvalue weighted by atomic mass is 16.6. The predicted molar refractivity (Wildman–Crippen MR) is 293 cm³/mol. The van der Waals surface area contributed by atoms with Crippen LogP contribution in [0.2, 0.25) is 0 Å². The predicted octanol–water partition coefficient (Wildman–Crippen LogP) is 7.39. The minimum Gasteiger partial charge on any atom is -0.507 e. The number of carbonyl (C=O) groups is 3. The molecule has 8 aliphatic rings. The summed E-state index contributed by atoms with van der Waals surface area (Å²) in [5, 5.41) is 79.9. The maximum atomic E-state index is 15.9. The van der Waals surface area contributed by atoms with Crippen molar-refractivity contribution in [3.8, 4) is 23.3 Å². The van der Waals surface area contributed by atoms with Gasteiger partial charge in [-0.05, 0) is 159 Å². The van der Waals surface area contributed by atoms with Gasteiger partial charge in [-0.2, -0.15) is 0 Å². The van der Waals surface area contributed by atoms with Crippen molar-refractivity contribution in [2.75, 3.05) is 39.2 Å². The number of aliphatic hydroxyl groups excluding tert-OH is 3. The van der Waals surface area contributed by atoms with E-state index in [9.17, 15) is 40.2 Å². The summed E-state index contributed by atoms with van der Waals surface area (Å²) >= 11 is 0. The molecule has 0 spiro atoms. The number of rotatable bonds is 11. The van der Waals surface area contributed by atoms with Crippen LogP contribution in [0.25, 0.3) is 0 Å². The molecule has 8 N–H and O–H groups in total. The second kappa shape index (κ2) is 22.4. The number of aromatic hydroxyl groups is 1. The zero-order valence-electron chi connectivity index (χ0n) is 45.6. The second-order valence-electron chi connectivity index (χ2n) is 24.9. The smallest absolute Gasteiger partial charge is 0.334 e. The fourth-order valence-electron chi connectivity index (χ4n) is 16.2. The maximum absolute atomic E-state index is 15.9. The maximum Gasteiger partial charge on any atom is 0.334 e. The number of Topliss-reactive ketones (excluding diaryl/α,β-unsaturated/α-hetero) is 1. The van der Waals surface area contributed by atoms with Crippen LogP contribution < -0.4 is 15.4 Å². The van der Waals surface area contributed by atoms with E-state index in [1.165, 1.54) is 14.0 Å². The van der Waals surface area contributed by atoms with E-state index in [-0.39, 0.29) is 110 Å². The third-order valence-corrected chi connectivity index (χ3v) is 19.9. The van der Waals surface area contributed by atoms with Gasteiger partial charge in [-0.25, -0.2) is 4.79 Å². The van der Waals surface area contributed by atoms with Gasteiger partial charge < -0.3 is 55.5 Å². The summed E-state index contributed by atoms with van der Waals surface area (Å²) in [5.41, 5.74) is 1.96. The molecular formula is C64H80N2O12. The molecule has 5 saturated carbocycles. The minimum absolute atomic E-state index is 0.0210. The first-order chi connectivity index (χ1) is 37.5. The van der Waals surface area contributed by atoms with Crippen molar-refractivity contribution in [3.05, 3.63) is 99.1 Å². The van der Waals surface area contributed by atoms with Crippen molar-refractivity contribution < 1.29 is 59.2 Å². The second-order valence-corrected chi connectivity index (χ2v) is 24.9. The lowest BCUT2D eigenvalue weighted by molar-refractivity contribution is -0.265. The zero-order chi connectivity index (χ0) is 54.6. The van der Waals surface area contributed by atoms with E-state index in [4.69, 9.17) is 14.2 Å². The van der Waals surface area contributed by atoms with Crippen LogP contribution in [-0.4, -0.2) is 112 Å². The molecule has 3 aliphatic heterocycles. The summed E-state index contributed by atoms with van der Waals surface area (Å²) in [5.74, 6) is 3.64. The average Bonchev–Trinajstić information content (AvgIpc) is 3.42. The molecule has 0 amide bonds. The van der Waals surface area contributed by atoms with Crippen molar-refractivity contribution in [2.45, 2.75) is 169 Å². The molecule has 418 valence electrons. The summed E-state index contributed by atoms with van der Waals surface area (Å²) in [6.45, 7) is 1.48. The quantitative estimate of drug-likeness (QED) is 0.0533. The number of hydrogen-bond acceptors (Lipinski definition) is 14. The number of phenols is 1. The number of ether oxygens (including phenoxy) is 3. The Balaban J connectivity index is 1.13. The summed E-state index contributed by atoms with van der Waals surface area (Å²) < 4.78 is 18.5. The molecule has 0 aromatic heterocycles. The van der Waals surface area contributed by atoms with Crippen molar-refractivity contribution in [1.82, 2.24) is 5.32 Å². The number of methoxy groups -OCH3 is 1. The molecule has 78 heavy (non-hydrogen) atoms. The van der Waals surface area contributed by atoms with E-state index >= 15 is 4.79 Å². The van der Waals surface area contributed by atoms with Gasteiger partial charge in [0.2, 0.25) is 0 Å². The summed E-state index contributed by atoms with van der Waals surface area (Å²) in [4.78, 5) is 44.6. The van der Waals surface area contributed by atoms with Gasteiger partial charge in [-0.1, -0.05) is 74.3 Å². The van der Waals surface area contributed by atoms with E-state index in [1.54, 1.807) is 19.2 Å². The van der Waals surface area contributed by atoms with Crippen LogP contribution in [0, 0.1) is 53.3 Å². The Morgan fingerprint density at radius 2 is 1.62 bits per heavy atom. The largest absolute Gasteiger partial charge is 0.507 e. The standard InChI is InChI=1S/C64H80N2O12/c1-63(74,54(70)33-76-3)34-66-45-25-41(24-42(26-45)53(69)32-65-2)38-16-17-39-31-56(71)78-61-49(39)28-43(60(72)57(61)37-12-5-4-6-13-37)30-55-64(75)51-15-8-7-14-47(51)48-19-18-40-29-52(68)50(58(48)59(40)64)22-36-11-9-10-35(20-36)21-46(67)27-44(23-38)62(73)77-55/h9-11,20,24-28,37-40,46-48,50-51,53-55,58-59,65-67,69-70,72,74-75H,4-8,12-15,18-19,21-23,29-34H2,1-3H3/b44-27-/t38-,39+,40+,46+,47-,48+,50-,51+,53-,54+,55+,58+,59+,63+,64+/m0/s1. The van der Waals surface area contributed by atoms with Gasteiger partial charge >= 0.3 is 11.9 Å². The first kappa shape index (κ1) is 54.8. The number of benzene rings is 3. The van der Waals surface area contributed by atoms with Crippen molar-refractivity contribution in [1.29, 1.82) is 0 Å². The van der Waals surface area contributed by atoms with Gasteiger partial charge in [0.1, 0.15) is 40.7 Å². The Bertz CT molecular complexity index is 2860. The number of likely N-dealkylation sites (N-methyl/N-ethyl adjacent to an activating group) is 1. The molecule has 0 unspecified atom stereocenters. The van der Waals surface area contributed by atoms with Gasteiger partial charge in [0, 0.05) is 73.7 Å². The molecule has 5 aliphatic carbocycles. The number of anilines is 1. The third-order valence-electron chi connectivity index (χ3n) is 19.9. The molecule has 15 atom stereocenters. The highest BCUT2D eigenvalue weighted by molar-refractivity contribution is 5.89. The molecule has 0 radical (unpaired) electrons. The van der Waals surface area contributed by atoms with Crippen LogP contribution in [-0.2, 0) is 43.1 Å². The summed E-state index contributed by atoms with van der Waals surface area (Å²) in [6, 6.07) is 15.3.